The first kappa shape index (κ1) is 28.0. The van der Waals surface area contributed by atoms with Gasteiger partial charge in [0.1, 0.15) is 12.4 Å². The van der Waals surface area contributed by atoms with Gasteiger partial charge in [0.25, 0.3) is 0 Å². The summed E-state index contributed by atoms with van der Waals surface area (Å²) >= 11 is 6.84. The maximum atomic E-state index is 12.5. The number of nitriles is 1. The normalized spacial score (nSPS) is 26.1. The van der Waals surface area contributed by atoms with Gasteiger partial charge in [-0.05, 0) is 69.6 Å². The standard InChI is InChI=1S/C31H38ClN7O2/c1-4-27(40)39-16-15-38(18-22(39)11-13-33)29-24-19-37(3)31(12-10-21-7-5-9-25(32)28(21)31)17-26(24)34-30(35-29)41-20-23-8-6-14-36(23)2/h4-5,7,9,22-23H,1,6,8,10-12,14-20H2,2-3H3/t22-,23-,31?/m0/s1. The first-order valence-corrected chi connectivity index (χ1v) is 15.0. The second kappa shape index (κ2) is 11.2. The van der Waals surface area contributed by atoms with E-state index in [1.54, 1.807) is 4.90 Å². The van der Waals surface area contributed by atoms with Crippen molar-refractivity contribution >= 4 is 23.3 Å². The monoisotopic (exact) mass is 575 g/mol. The van der Waals surface area contributed by atoms with E-state index in [4.69, 9.17) is 26.3 Å². The number of hydrogen-bond acceptors (Lipinski definition) is 8. The molecule has 10 heteroatoms. The number of halogens is 1. The Morgan fingerprint density at radius 1 is 1.27 bits per heavy atom. The number of fused-ring (bicyclic) bond motifs is 3. The van der Waals surface area contributed by atoms with Crippen LogP contribution in [0.1, 0.15) is 48.1 Å². The van der Waals surface area contributed by atoms with Gasteiger partial charge in [-0.3, -0.25) is 9.69 Å². The lowest BCUT2D eigenvalue weighted by Crippen LogP contribution is -2.55. The maximum absolute atomic E-state index is 12.5. The van der Waals surface area contributed by atoms with E-state index in [0.29, 0.717) is 44.8 Å². The van der Waals surface area contributed by atoms with E-state index in [1.807, 2.05) is 12.1 Å². The smallest absolute Gasteiger partial charge is 0.318 e. The van der Waals surface area contributed by atoms with Crippen molar-refractivity contribution in [3.63, 3.8) is 0 Å². The maximum Gasteiger partial charge on any atom is 0.318 e. The number of likely N-dealkylation sites (tertiary alicyclic amines) is 1. The van der Waals surface area contributed by atoms with E-state index in [2.05, 4.69) is 47.5 Å². The SMILES string of the molecule is C=CC(=O)N1CCN(c2nc(OC[C@@H]3CCCN3C)nc3c2CN(C)C2(CCc4cccc(Cl)c42)C3)C[C@@H]1CC#N. The van der Waals surface area contributed by atoms with Crippen LogP contribution in [0.25, 0.3) is 0 Å². The van der Waals surface area contributed by atoms with E-state index in [9.17, 15) is 10.1 Å². The summed E-state index contributed by atoms with van der Waals surface area (Å²) in [6, 6.07) is 9.00. The molecule has 3 aliphatic heterocycles. The van der Waals surface area contributed by atoms with Gasteiger partial charge in [0.15, 0.2) is 0 Å². The number of benzene rings is 1. The highest BCUT2D eigenvalue weighted by Gasteiger charge is 2.48. The van der Waals surface area contributed by atoms with Crippen molar-refractivity contribution < 1.29 is 9.53 Å². The van der Waals surface area contributed by atoms with Gasteiger partial charge in [0.05, 0.1) is 29.8 Å². The Bertz CT molecular complexity index is 1390. The molecule has 0 radical (unpaired) electrons. The second-order valence-electron chi connectivity index (χ2n) is 11.9. The highest BCUT2D eigenvalue weighted by molar-refractivity contribution is 6.31. The van der Waals surface area contributed by atoms with Crippen molar-refractivity contribution in [1.82, 2.24) is 24.7 Å². The lowest BCUT2D eigenvalue weighted by molar-refractivity contribution is -0.128. The molecule has 3 atom stereocenters. The summed E-state index contributed by atoms with van der Waals surface area (Å²) in [7, 11) is 4.31. The van der Waals surface area contributed by atoms with Crippen LogP contribution in [-0.2, 0) is 29.7 Å². The van der Waals surface area contributed by atoms with Crippen LogP contribution < -0.4 is 9.64 Å². The van der Waals surface area contributed by atoms with E-state index in [-0.39, 0.29) is 23.9 Å². The molecule has 2 aromatic rings. The molecule has 6 rings (SSSR count). The van der Waals surface area contributed by atoms with E-state index in [1.165, 1.54) is 23.6 Å². The highest BCUT2D eigenvalue weighted by atomic mass is 35.5. The number of carbonyl (C=O) groups is 1. The minimum Gasteiger partial charge on any atom is -0.462 e. The number of hydrogen-bond donors (Lipinski definition) is 0. The van der Waals surface area contributed by atoms with Crippen molar-refractivity contribution in [2.75, 3.05) is 51.8 Å². The zero-order chi connectivity index (χ0) is 28.7. The zero-order valence-electron chi connectivity index (χ0n) is 24.0. The molecule has 0 bridgehead atoms. The Kier molecular flexibility index (Phi) is 7.66. The van der Waals surface area contributed by atoms with Gasteiger partial charge in [-0.15, -0.1) is 0 Å². The van der Waals surface area contributed by atoms with Crippen molar-refractivity contribution in [1.29, 1.82) is 5.26 Å². The molecule has 216 valence electrons. The van der Waals surface area contributed by atoms with Crippen LogP contribution in [-0.4, -0.2) is 89.5 Å². The molecule has 0 saturated carbocycles. The molecule has 4 heterocycles. The molecule has 0 N–H and O–H groups in total. The van der Waals surface area contributed by atoms with Gasteiger partial charge in [-0.1, -0.05) is 30.3 Å². The van der Waals surface area contributed by atoms with Crippen LogP contribution in [0.3, 0.4) is 0 Å². The largest absolute Gasteiger partial charge is 0.462 e. The third-order valence-electron chi connectivity index (χ3n) is 9.65. The van der Waals surface area contributed by atoms with Crippen LogP contribution in [0.4, 0.5) is 5.82 Å². The number of aromatic nitrogens is 2. The fourth-order valence-electron chi connectivity index (χ4n) is 7.35. The van der Waals surface area contributed by atoms with Crippen LogP contribution in [0.2, 0.25) is 5.02 Å². The second-order valence-corrected chi connectivity index (χ2v) is 12.3. The predicted octanol–water partition coefficient (Wildman–Crippen LogP) is 3.55. The number of anilines is 1. The van der Waals surface area contributed by atoms with Gasteiger partial charge >= 0.3 is 6.01 Å². The minimum absolute atomic E-state index is 0.141. The molecule has 2 fully saturated rings. The molecule has 1 aliphatic carbocycles. The Morgan fingerprint density at radius 2 is 2.12 bits per heavy atom. The third kappa shape index (κ3) is 4.96. The molecular weight excluding hydrogens is 538 g/mol. The number of piperazine rings is 1. The number of rotatable bonds is 6. The third-order valence-corrected chi connectivity index (χ3v) is 9.97. The lowest BCUT2D eigenvalue weighted by Gasteiger charge is -2.46. The van der Waals surface area contributed by atoms with E-state index >= 15 is 0 Å². The quantitative estimate of drug-likeness (QED) is 0.483. The van der Waals surface area contributed by atoms with Crippen molar-refractivity contribution in [3.8, 4) is 12.1 Å². The summed E-state index contributed by atoms with van der Waals surface area (Å²) < 4.78 is 6.32. The number of carbonyl (C=O) groups excluding carboxylic acids is 1. The summed E-state index contributed by atoms with van der Waals surface area (Å²) in [5.41, 5.74) is 4.38. The molecule has 4 aliphatic rings. The zero-order valence-corrected chi connectivity index (χ0v) is 24.7. The molecule has 1 aromatic carbocycles. The van der Waals surface area contributed by atoms with Gasteiger partial charge in [-0.2, -0.15) is 15.2 Å². The van der Waals surface area contributed by atoms with E-state index in [0.717, 1.165) is 54.3 Å². The Morgan fingerprint density at radius 3 is 2.88 bits per heavy atom. The van der Waals surface area contributed by atoms with Crippen molar-refractivity contribution in [3.05, 3.63) is 58.3 Å². The number of amides is 1. The van der Waals surface area contributed by atoms with Crippen LogP contribution in [0.5, 0.6) is 6.01 Å². The van der Waals surface area contributed by atoms with Crippen LogP contribution >= 0.6 is 11.6 Å². The first-order valence-electron chi connectivity index (χ1n) is 14.6. The Labute approximate surface area is 247 Å². The van der Waals surface area contributed by atoms with Crippen LogP contribution in [0.15, 0.2) is 30.9 Å². The Balaban J connectivity index is 1.37. The molecule has 1 amide bonds. The summed E-state index contributed by atoms with van der Waals surface area (Å²) in [4.78, 5) is 31.3. The number of ether oxygens (including phenoxy) is 1. The number of nitrogens with zero attached hydrogens (tertiary/aromatic N) is 7. The Hall–Kier alpha value is -3.19. The summed E-state index contributed by atoms with van der Waals surface area (Å²) in [5, 5.41) is 10.3. The topological polar surface area (TPSA) is 88.8 Å². The molecular formula is C31H38ClN7O2. The van der Waals surface area contributed by atoms with Crippen molar-refractivity contribution in [2.24, 2.45) is 0 Å². The van der Waals surface area contributed by atoms with E-state index < -0.39 is 0 Å². The molecule has 9 nitrogen and oxygen atoms in total. The van der Waals surface area contributed by atoms with Crippen LogP contribution in [0, 0.1) is 11.3 Å². The minimum atomic E-state index is -0.241. The van der Waals surface area contributed by atoms with Gasteiger partial charge in [0.2, 0.25) is 5.91 Å². The molecule has 2 saturated heterocycles. The summed E-state index contributed by atoms with van der Waals surface area (Å²) in [6.07, 6.45) is 6.55. The summed E-state index contributed by atoms with van der Waals surface area (Å²) in [6.45, 7) is 7.59. The first-order chi connectivity index (χ1) is 19.8. The summed E-state index contributed by atoms with van der Waals surface area (Å²) in [5.74, 6) is 0.704. The molecule has 41 heavy (non-hydrogen) atoms. The average molecular weight is 576 g/mol. The fourth-order valence-corrected chi connectivity index (χ4v) is 7.72. The van der Waals surface area contributed by atoms with Gasteiger partial charge in [-0.25, -0.2) is 0 Å². The number of aryl methyl sites for hydroxylation is 1. The molecule has 1 unspecified atom stereocenters. The van der Waals surface area contributed by atoms with Gasteiger partial charge < -0.3 is 19.4 Å². The van der Waals surface area contributed by atoms with Crippen molar-refractivity contribution in [2.45, 2.75) is 62.7 Å². The number of likely N-dealkylation sites (N-methyl/N-ethyl adjacent to an activating group) is 2. The van der Waals surface area contributed by atoms with Gasteiger partial charge in [0, 0.05) is 49.2 Å². The average Bonchev–Trinajstić information content (AvgIpc) is 3.56. The fraction of sp³-hybridized carbons (Fsp3) is 0.548. The molecule has 1 aromatic heterocycles. The highest BCUT2D eigenvalue weighted by Crippen LogP contribution is 2.50. The lowest BCUT2D eigenvalue weighted by atomic mass is 9.81. The predicted molar refractivity (Wildman–Crippen MR) is 158 cm³/mol. The molecule has 1 spiro atoms.